The minimum absolute atomic E-state index is 0. The molecule has 0 aliphatic heterocycles. The van der Waals surface area contributed by atoms with E-state index in [4.69, 9.17) is 9.47 Å². The van der Waals surface area contributed by atoms with Crippen molar-refractivity contribution >= 4 is 36.0 Å². The van der Waals surface area contributed by atoms with Crippen molar-refractivity contribution in [1.82, 2.24) is 16.0 Å². The molecule has 7 nitrogen and oxygen atoms in total. The first-order valence-corrected chi connectivity index (χ1v) is 8.95. The van der Waals surface area contributed by atoms with Crippen LogP contribution in [0.1, 0.15) is 38.9 Å². The zero-order valence-corrected chi connectivity index (χ0v) is 19.5. The Labute approximate surface area is 183 Å². The van der Waals surface area contributed by atoms with Gasteiger partial charge < -0.3 is 25.4 Å². The summed E-state index contributed by atoms with van der Waals surface area (Å²) in [7, 11) is 3.28. The summed E-state index contributed by atoms with van der Waals surface area (Å²) in [5.74, 6) is 0.343. The maximum Gasteiger partial charge on any atom is 0.407 e. The number of hydrogen-bond acceptors (Lipinski definition) is 4. The second kappa shape index (κ2) is 13.5. The number of nitrogens with zero attached hydrogens (tertiary/aromatic N) is 1. The fourth-order valence-electron chi connectivity index (χ4n) is 2.22. The summed E-state index contributed by atoms with van der Waals surface area (Å²) in [6, 6.07) is 6.21. The summed E-state index contributed by atoms with van der Waals surface area (Å²) < 4.78 is 23.7. The lowest BCUT2D eigenvalue weighted by Crippen LogP contribution is -2.41. The fourth-order valence-corrected chi connectivity index (χ4v) is 2.22. The molecule has 1 aromatic carbocycles. The number of halogens is 2. The molecule has 0 aliphatic carbocycles. The second-order valence-electron chi connectivity index (χ2n) is 6.94. The third kappa shape index (κ3) is 11.3. The molecule has 0 heterocycles. The van der Waals surface area contributed by atoms with Crippen molar-refractivity contribution in [3.63, 3.8) is 0 Å². The molecule has 1 atom stereocenters. The van der Waals surface area contributed by atoms with Crippen molar-refractivity contribution < 1.29 is 18.7 Å². The minimum Gasteiger partial charge on any atom is -0.444 e. The number of rotatable bonds is 8. The van der Waals surface area contributed by atoms with Crippen molar-refractivity contribution in [3.8, 4) is 0 Å². The van der Waals surface area contributed by atoms with E-state index >= 15 is 0 Å². The van der Waals surface area contributed by atoms with E-state index in [1.165, 1.54) is 12.1 Å². The largest absolute Gasteiger partial charge is 0.444 e. The monoisotopic (exact) mass is 510 g/mol. The Morgan fingerprint density at radius 3 is 2.29 bits per heavy atom. The van der Waals surface area contributed by atoms with Crippen LogP contribution < -0.4 is 16.0 Å². The normalized spacial score (nSPS) is 12.6. The van der Waals surface area contributed by atoms with E-state index in [9.17, 15) is 9.18 Å². The highest BCUT2D eigenvalue weighted by Crippen LogP contribution is 2.16. The Morgan fingerprint density at radius 2 is 1.75 bits per heavy atom. The van der Waals surface area contributed by atoms with Gasteiger partial charge in [0.2, 0.25) is 0 Å². The first-order valence-electron chi connectivity index (χ1n) is 8.95. The first-order chi connectivity index (χ1) is 12.7. The van der Waals surface area contributed by atoms with Crippen LogP contribution in [0.5, 0.6) is 0 Å². The first kappa shape index (κ1) is 26.4. The smallest absolute Gasteiger partial charge is 0.407 e. The van der Waals surface area contributed by atoms with Gasteiger partial charge in [0.15, 0.2) is 5.96 Å². The van der Waals surface area contributed by atoms with E-state index in [0.29, 0.717) is 32.0 Å². The van der Waals surface area contributed by atoms with Crippen LogP contribution in [0.2, 0.25) is 0 Å². The van der Waals surface area contributed by atoms with Gasteiger partial charge in [0.05, 0.1) is 6.10 Å². The zero-order chi connectivity index (χ0) is 20.3. The highest BCUT2D eigenvalue weighted by molar-refractivity contribution is 14.0. The average molecular weight is 510 g/mol. The Kier molecular flexibility index (Phi) is 12.8. The molecule has 0 aliphatic rings. The molecule has 0 saturated carbocycles. The van der Waals surface area contributed by atoms with Gasteiger partial charge in [-0.25, -0.2) is 9.18 Å². The predicted molar refractivity (Wildman–Crippen MR) is 120 cm³/mol. The summed E-state index contributed by atoms with van der Waals surface area (Å²) in [5.41, 5.74) is 0.375. The molecule has 0 saturated heterocycles. The number of hydrogen-bond donors (Lipinski definition) is 3. The maximum atomic E-state index is 13.0. The Morgan fingerprint density at radius 1 is 1.14 bits per heavy atom. The number of ether oxygens (including phenoxy) is 2. The number of carbonyl (C=O) groups is 1. The lowest BCUT2D eigenvalue weighted by molar-refractivity contribution is 0.0527. The van der Waals surface area contributed by atoms with Crippen LogP contribution in [0.25, 0.3) is 0 Å². The van der Waals surface area contributed by atoms with Crippen molar-refractivity contribution in [1.29, 1.82) is 0 Å². The van der Waals surface area contributed by atoms with Crippen LogP contribution in [0, 0.1) is 5.82 Å². The van der Waals surface area contributed by atoms with Gasteiger partial charge >= 0.3 is 6.09 Å². The van der Waals surface area contributed by atoms with E-state index < -0.39 is 11.7 Å². The molecule has 28 heavy (non-hydrogen) atoms. The molecule has 1 rings (SSSR count). The van der Waals surface area contributed by atoms with Gasteiger partial charge in [-0.1, -0.05) is 12.1 Å². The summed E-state index contributed by atoms with van der Waals surface area (Å²) in [5, 5.41) is 9.04. The number of alkyl carbamates (subject to hydrolysis) is 1. The van der Waals surface area contributed by atoms with Gasteiger partial charge in [-0.3, -0.25) is 4.99 Å². The summed E-state index contributed by atoms with van der Waals surface area (Å²) in [6.07, 6.45) is 0.0660. The van der Waals surface area contributed by atoms with Gasteiger partial charge in [0.25, 0.3) is 0 Å². The van der Waals surface area contributed by atoms with Crippen LogP contribution in [-0.2, 0) is 9.47 Å². The molecule has 3 N–H and O–H groups in total. The van der Waals surface area contributed by atoms with Crippen molar-refractivity contribution in [3.05, 3.63) is 35.6 Å². The minimum atomic E-state index is -0.503. The third-order valence-corrected chi connectivity index (χ3v) is 3.52. The van der Waals surface area contributed by atoms with Gasteiger partial charge in [-0.05, 0) is 44.9 Å². The number of benzene rings is 1. The van der Waals surface area contributed by atoms with Crippen LogP contribution >= 0.6 is 24.0 Å². The van der Waals surface area contributed by atoms with Gasteiger partial charge in [0, 0.05) is 33.8 Å². The average Bonchev–Trinajstić information content (AvgIpc) is 2.60. The third-order valence-electron chi connectivity index (χ3n) is 3.52. The van der Waals surface area contributed by atoms with E-state index in [1.807, 2.05) is 20.8 Å². The van der Waals surface area contributed by atoms with Crippen molar-refractivity contribution in [2.45, 2.75) is 38.9 Å². The molecular weight excluding hydrogens is 478 g/mol. The molecular formula is C19H32FIN4O3. The lowest BCUT2D eigenvalue weighted by atomic mass is 10.1. The van der Waals surface area contributed by atoms with E-state index in [1.54, 1.807) is 26.3 Å². The topological polar surface area (TPSA) is 84.0 Å². The van der Waals surface area contributed by atoms with E-state index in [0.717, 1.165) is 5.56 Å². The fraction of sp³-hybridized carbons (Fsp3) is 0.579. The molecule has 0 aromatic heterocycles. The molecule has 0 radical (unpaired) electrons. The van der Waals surface area contributed by atoms with Crippen LogP contribution in [-0.4, -0.2) is 51.4 Å². The number of amides is 1. The second-order valence-corrected chi connectivity index (χ2v) is 6.94. The molecule has 0 fully saturated rings. The molecule has 0 bridgehead atoms. The quantitative estimate of drug-likeness (QED) is 0.217. The van der Waals surface area contributed by atoms with Crippen molar-refractivity contribution in [2.24, 2.45) is 4.99 Å². The maximum absolute atomic E-state index is 13.0. The standard InChI is InChI=1S/C19H31FN4O3.HI/c1-19(2,3)27-18(25)23-12-6-11-22-17(21-4)24-13-16(26-5)14-7-9-15(20)10-8-14;/h7-10,16H,6,11-13H2,1-5H3,(H,23,25)(H2,21,22,24);1H. The Bertz CT molecular complexity index is 606. The Hall–Kier alpha value is -1.62. The Balaban J connectivity index is 0.00000729. The molecule has 1 amide bonds. The van der Waals surface area contributed by atoms with Crippen molar-refractivity contribution in [2.75, 3.05) is 33.8 Å². The van der Waals surface area contributed by atoms with Gasteiger partial charge in [-0.15, -0.1) is 24.0 Å². The van der Waals surface area contributed by atoms with Crippen LogP contribution in [0.3, 0.4) is 0 Å². The van der Waals surface area contributed by atoms with Gasteiger partial charge in [0.1, 0.15) is 11.4 Å². The number of aliphatic imine (C=N–C) groups is 1. The summed E-state index contributed by atoms with van der Waals surface area (Å²) in [4.78, 5) is 15.7. The number of nitrogens with one attached hydrogen (secondary N) is 3. The predicted octanol–water partition coefficient (Wildman–Crippen LogP) is 3.21. The van der Waals surface area contributed by atoms with E-state index in [2.05, 4.69) is 20.9 Å². The number of methoxy groups -OCH3 is 1. The zero-order valence-electron chi connectivity index (χ0n) is 17.2. The lowest BCUT2D eigenvalue weighted by Gasteiger charge is -2.20. The van der Waals surface area contributed by atoms with E-state index in [-0.39, 0.29) is 35.9 Å². The molecule has 9 heteroatoms. The highest BCUT2D eigenvalue weighted by atomic mass is 127. The molecule has 1 unspecified atom stereocenters. The van der Waals surface area contributed by atoms with Crippen LogP contribution in [0.4, 0.5) is 9.18 Å². The SMILES string of the molecule is CN=C(NCCCNC(=O)OC(C)(C)C)NCC(OC)c1ccc(F)cc1.I. The molecule has 0 spiro atoms. The number of guanidine groups is 1. The number of carbonyl (C=O) groups excluding carboxylic acids is 1. The van der Waals surface area contributed by atoms with Gasteiger partial charge in [-0.2, -0.15) is 0 Å². The molecule has 160 valence electrons. The summed E-state index contributed by atoms with van der Waals surface area (Å²) in [6.45, 7) is 7.08. The summed E-state index contributed by atoms with van der Waals surface area (Å²) >= 11 is 0. The highest BCUT2D eigenvalue weighted by Gasteiger charge is 2.15. The van der Waals surface area contributed by atoms with Crippen LogP contribution in [0.15, 0.2) is 29.3 Å². The molecule has 1 aromatic rings.